The van der Waals surface area contributed by atoms with Crippen LogP contribution in [-0.4, -0.2) is 30.1 Å². The summed E-state index contributed by atoms with van der Waals surface area (Å²) in [6, 6.07) is 11.8. The van der Waals surface area contributed by atoms with Crippen LogP contribution in [0, 0.1) is 0 Å². The van der Waals surface area contributed by atoms with Gasteiger partial charge < -0.3 is 10.7 Å². The Morgan fingerprint density at radius 2 is 1.92 bits per heavy atom. The standard InChI is InChI=1S/C18H13N7/c19-12-6-11(8-20-9-12)10-3-4-14-13(7-10)16(25-24-14)18-22-15-2-1-5-21-17(15)23-18/h1-9H,19H2,(H,24,25)(H,21,22,23). The van der Waals surface area contributed by atoms with E-state index in [9.17, 15) is 0 Å². The molecule has 0 fully saturated rings. The van der Waals surface area contributed by atoms with E-state index in [-0.39, 0.29) is 0 Å². The number of fused-ring (bicyclic) bond motifs is 2. The summed E-state index contributed by atoms with van der Waals surface area (Å²) in [7, 11) is 0. The lowest BCUT2D eigenvalue weighted by Gasteiger charge is -2.03. The van der Waals surface area contributed by atoms with E-state index in [2.05, 4.69) is 36.2 Å². The highest BCUT2D eigenvalue weighted by Gasteiger charge is 2.14. The van der Waals surface area contributed by atoms with Crippen LogP contribution in [0.1, 0.15) is 0 Å². The molecule has 0 atom stereocenters. The van der Waals surface area contributed by atoms with E-state index in [1.165, 1.54) is 0 Å². The smallest absolute Gasteiger partial charge is 0.178 e. The Hall–Kier alpha value is -3.74. The molecule has 1 aromatic carbocycles. The zero-order valence-corrected chi connectivity index (χ0v) is 13.1. The van der Waals surface area contributed by atoms with Crippen molar-refractivity contribution in [1.29, 1.82) is 0 Å². The van der Waals surface area contributed by atoms with Crippen LogP contribution in [0.2, 0.25) is 0 Å². The van der Waals surface area contributed by atoms with Crippen molar-refractivity contribution in [3.05, 3.63) is 55.0 Å². The number of hydrogen-bond donors (Lipinski definition) is 3. The lowest BCUT2D eigenvalue weighted by atomic mass is 10.0. The fourth-order valence-electron chi connectivity index (χ4n) is 2.95. The third kappa shape index (κ3) is 2.21. The number of nitrogen functional groups attached to an aromatic ring is 1. The van der Waals surface area contributed by atoms with Crippen LogP contribution in [0.25, 0.3) is 44.7 Å². The third-order valence-electron chi connectivity index (χ3n) is 4.14. The van der Waals surface area contributed by atoms with Gasteiger partial charge in [-0.05, 0) is 35.9 Å². The summed E-state index contributed by atoms with van der Waals surface area (Å²) >= 11 is 0. The molecule has 5 rings (SSSR count). The fourth-order valence-corrected chi connectivity index (χ4v) is 2.95. The predicted octanol–water partition coefficient (Wildman–Crippen LogP) is 3.15. The fraction of sp³-hybridized carbons (Fsp3) is 0. The van der Waals surface area contributed by atoms with Gasteiger partial charge in [-0.15, -0.1) is 0 Å². The van der Waals surface area contributed by atoms with Crippen LogP contribution in [0.5, 0.6) is 0 Å². The van der Waals surface area contributed by atoms with E-state index < -0.39 is 0 Å². The van der Waals surface area contributed by atoms with E-state index in [1.54, 1.807) is 18.6 Å². The number of anilines is 1. The number of nitrogens with two attached hydrogens (primary N) is 1. The average Bonchev–Trinajstić information content (AvgIpc) is 3.24. The molecule has 0 aliphatic carbocycles. The van der Waals surface area contributed by atoms with Gasteiger partial charge >= 0.3 is 0 Å². The number of nitrogens with zero attached hydrogens (tertiary/aromatic N) is 4. The molecule has 0 unspecified atom stereocenters. The number of pyridine rings is 2. The van der Waals surface area contributed by atoms with Gasteiger partial charge in [0.15, 0.2) is 11.5 Å². The SMILES string of the molecule is Nc1cncc(-c2ccc3[nH]nc(-c4nc5ncccc5[nH]4)c3c2)c1. The topological polar surface area (TPSA) is 109 Å². The number of rotatable bonds is 2. The Kier molecular flexibility index (Phi) is 2.81. The number of benzene rings is 1. The molecule has 0 saturated heterocycles. The molecule has 5 aromatic rings. The Morgan fingerprint density at radius 1 is 0.960 bits per heavy atom. The quantitative estimate of drug-likeness (QED) is 0.461. The number of aromatic nitrogens is 6. The normalized spacial score (nSPS) is 11.4. The molecule has 120 valence electrons. The highest BCUT2D eigenvalue weighted by Crippen LogP contribution is 2.30. The van der Waals surface area contributed by atoms with E-state index in [4.69, 9.17) is 5.73 Å². The lowest BCUT2D eigenvalue weighted by molar-refractivity contribution is 1.10. The minimum absolute atomic E-state index is 0.633. The number of H-pyrrole nitrogens is 2. The lowest BCUT2D eigenvalue weighted by Crippen LogP contribution is -1.88. The highest BCUT2D eigenvalue weighted by atomic mass is 15.1. The predicted molar refractivity (Wildman–Crippen MR) is 96.6 cm³/mol. The van der Waals surface area contributed by atoms with Crippen molar-refractivity contribution < 1.29 is 0 Å². The number of imidazole rings is 1. The van der Waals surface area contributed by atoms with Gasteiger partial charge in [-0.3, -0.25) is 10.1 Å². The first-order valence-electron chi connectivity index (χ1n) is 7.78. The van der Waals surface area contributed by atoms with Crippen molar-refractivity contribution in [2.75, 3.05) is 5.73 Å². The molecular weight excluding hydrogens is 314 g/mol. The van der Waals surface area contributed by atoms with E-state index >= 15 is 0 Å². The van der Waals surface area contributed by atoms with Gasteiger partial charge in [-0.1, -0.05) is 6.07 Å². The van der Waals surface area contributed by atoms with Crippen LogP contribution in [0.4, 0.5) is 5.69 Å². The largest absolute Gasteiger partial charge is 0.397 e. The molecule has 0 spiro atoms. The Labute approximate surface area is 142 Å². The first-order chi connectivity index (χ1) is 12.3. The summed E-state index contributed by atoms with van der Waals surface area (Å²) in [5, 5.41) is 8.45. The second-order valence-corrected chi connectivity index (χ2v) is 5.80. The van der Waals surface area contributed by atoms with E-state index in [1.807, 2.05) is 30.3 Å². The van der Waals surface area contributed by atoms with Gasteiger partial charge in [0.25, 0.3) is 0 Å². The molecule has 7 nitrogen and oxygen atoms in total. The molecule has 0 aliphatic rings. The van der Waals surface area contributed by atoms with Crippen molar-refractivity contribution in [2.24, 2.45) is 0 Å². The molecule has 4 heterocycles. The van der Waals surface area contributed by atoms with Crippen molar-refractivity contribution in [3.63, 3.8) is 0 Å². The second kappa shape index (κ2) is 5.13. The number of hydrogen-bond acceptors (Lipinski definition) is 5. The van der Waals surface area contributed by atoms with Crippen LogP contribution in [-0.2, 0) is 0 Å². The van der Waals surface area contributed by atoms with E-state index in [0.29, 0.717) is 17.2 Å². The van der Waals surface area contributed by atoms with Gasteiger partial charge in [0, 0.05) is 29.5 Å². The third-order valence-corrected chi connectivity index (χ3v) is 4.14. The average molecular weight is 327 g/mol. The van der Waals surface area contributed by atoms with Gasteiger partial charge in [-0.25, -0.2) is 9.97 Å². The molecule has 0 aliphatic heterocycles. The molecule has 0 radical (unpaired) electrons. The van der Waals surface area contributed by atoms with Crippen molar-refractivity contribution in [1.82, 2.24) is 30.1 Å². The summed E-state index contributed by atoms with van der Waals surface area (Å²) < 4.78 is 0. The number of aromatic amines is 2. The van der Waals surface area contributed by atoms with Gasteiger partial charge in [0.1, 0.15) is 5.69 Å². The van der Waals surface area contributed by atoms with Crippen molar-refractivity contribution >= 4 is 27.8 Å². The van der Waals surface area contributed by atoms with Gasteiger partial charge in [0.2, 0.25) is 0 Å². The molecule has 7 heteroatoms. The summed E-state index contributed by atoms with van der Waals surface area (Å²) in [5.41, 5.74) is 11.7. The molecule has 4 aromatic heterocycles. The Morgan fingerprint density at radius 3 is 2.80 bits per heavy atom. The minimum atomic E-state index is 0.633. The Bertz CT molecular complexity index is 1190. The minimum Gasteiger partial charge on any atom is -0.397 e. The van der Waals surface area contributed by atoms with Crippen LogP contribution in [0.15, 0.2) is 55.0 Å². The zero-order chi connectivity index (χ0) is 16.8. The van der Waals surface area contributed by atoms with Gasteiger partial charge in [0.05, 0.1) is 16.7 Å². The molecule has 25 heavy (non-hydrogen) atoms. The van der Waals surface area contributed by atoms with Crippen LogP contribution < -0.4 is 5.73 Å². The maximum Gasteiger partial charge on any atom is 0.178 e. The summed E-state index contributed by atoms with van der Waals surface area (Å²) in [4.78, 5) is 16.2. The van der Waals surface area contributed by atoms with Crippen LogP contribution >= 0.6 is 0 Å². The highest BCUT2D eigenvalue weighted by molar-refractivity contribution is 5.95. The molecule has 0 bridgehead atoms. The summed E-state index contributed by atoms with van der Waals surface area (Å²) in [6.45, 7) is 0. The first kappa shape index (κ1) is 13.7. The first-order valence-corrected chi connectivity index (χ1v) is 7.78. The second-order valence-electron chi connectivity index (χ2n) is 5.80. The van der Waals surface area contributed by atoms with E-state index in [0.717, 1.165) is 33.2 Å². The summed E-state index contributed by atoms with van der Waals surface area (Å²) in [6.07, 6.45) is 5.15. The zero-order valence-electron chi connectivity index (χ0n) is 13.1. The number of nitrogens with one attached hydrogen (secondary N) is 2. The Balaban J connectivity index is 1.70. The molecule has 0 amide bonds. The monoisotopic (exact) mass is 327 g/mol. The van der Waals surface area contributed by atoms with Crippen molar-refractivity contribution in [3.8, 4) is 22.6 Å². The summed E-state index contributed by atoms with van der Waals surface area (Å²) in [5.74, 6) is 0.683. The molecule has 0 saturated carbocycles. The van der Waals surface area contributed by atoms with Crippen molar-refractivity contribution in [2.45, 2.75) is 0 Å². The molecule has 4 N–H and O–H groups in total. The van der Waals surface area contributed by atoms with Gasteiger partial charge in [-0.2, -0.15) is 5.10 Å². The maximum atomic E-state index is 5.85. The molecular formula is C18H13N7. The van der Waals surface area contributed by atoms with Crippen LogP contribution in [0.3, 0.4) is 0 Å². The maximum absolute atomic E-state index is 5.85.